The minimum atomic E-state index is -1.48. The van der Waals surface area contributed by atoms with E-state index in [4.69, 9.17) is 4.74 Å². The van der Waals surface area contributed by atoms with E-state index in [1.54, 1.807) is 18.2 Å². The zero-order valence-corrected chi connectivity index (χ0v) is 16.3. The van der Waals surface area contributed by atoms with Gasteiger partial charge in [-0.3, -0.25) is 4.79 Å². The van der Waals surface area contributed by atoms with Crippen molar-refractivity contribution in [1.82, 2.24) is 9.97 Å². The lowest BCUT2D eigenvalue weighted by Crippen LogP contribution is -2.29. The molecule has 0 spiro atoms. The number of hydrogen-bond acceptors (Lipinski definition) is 6. The number of rotatable bonds is 1. The number of phenols is 1. The number of hydrogen-bond donors (Lipinski definition) is 3. The highest BCUT2D eigenvalue weighted by atomic mass is 16.5. The standard InChI is InChI=1S/C20H16N2O5.C2H6/c23-11-4-9-2-1-3-10-5-14(21-16(6-11)17(9)10)15-7-12-13(19(25)22-15)8-27-20(26)18(12)24;1-2/h4-7,18,23-24H,1-3,8H2,(H,22,25);1-2H3. The second-order valence-corrected chi connectivity index (χ2v) is 6.98. The summed E-state index contributed by atoms with van der Waals surface area (Å²) in [5, 5.41) is 21.1. The van der Waals surface area contributed by atoms with Crippen molar-refractivity contribution in [1.29, 1.82) is 0 Å². The Morgan fingerprint density at radius 3 is 2.59 bits per heavy atom. The molecule has 7 heteroatoms. The molecule has 1 atom stereocenters. The molecule has 1 aliphatic heterocycles. The molecule has 3 N–H and O–H groups in total. The van der Waals surface area contributed by atoms with Gasteiger partial charge in [0.2, 0.25) is 0 Å². The van der Waals surface area contributed by atoms with Crippen molar-refractivity contribution in [3.63, 3.8) is 0 Å². The molecule has 1 aliphatic carbocycles. The summed E-state index contributed by atoms with van der Waals surface area (Å²) in [7, 11) is 0. The number of aromatic amines is 1. The first-order valence-electron chi connectivity index (χ1n) is 9.78. The largest absolute Gasteiger partial charge is 0.508 e. The molecule has 0 saturated carbocycles. The van der Waals surface area contributed by atoms with E-state index >= 15 is 0 Å². The molecule has 2 aliphatic rings. The highest BCUT2D eigenvalue weighted by Gasteiger charge is 2.30. The lowest BCUT2D eigenvalue weighted by Gasteiger charge is -2.21. The average Bonchev–Trinajstić information content (AvgIpc) is 2.72. The number of fused-ring (bicyclic) bond motifs is 1. The number of nitrogens with one attached hydrogen (secondary N) is 1. The van der Waals surface area contributed by atoms with Gasteiger partial charge < -0.3 is 19.9 Å². The van der Waals surface area contributed by atoms with Crippen LogP contribution in [0, 0.1) is 0 Å². The van der Waals surface area contributed by atoms with Gasteiger partial charge in [0.15, 0.2) is 6.10 Å². The zero-order valence-electron chi connectivity index (χ0n) is 16.3. The second-order valence-electron chi connectivity index (χ2n) is 6.98. The number of aromatic nitrogens is 2. The van der Waals surface area contributed by atoms with Crippen LogP contribution in [0.5, 0.6) is 5.75 Å². The van der Waals surface area contributed by atoms with Gasteiger partial charge >= 0.3 is 5.97 Å². The molecule has 5 rings (SSSR count). The van der Waals surface area contributed by atoms with Crippen molar-refractivity contribution in [3.8, 4) is 17.1 Å². The summed E-state index contributed by atoms with van der Waals surface area (Å²) in [4.78, 5) is 31.5. The number of ether oxygens (including phenoxy) is 1. The van der Waals surface area contributed by atoms with Gasteiger partial charge in [-0.1, -0.05) is 13.8 Å². The number of esters is 1. The lowest BCUT2D eigenvalue weighted by atomic mass is 9.89. The van der Waals surface area contributed by atoms with Crippen LogP contribution in [0.25, 0.3) is 22.3 Å². The third-order valence-corrected chi connectivity index (χ3v) is 5.27. The molecule has 0 amide bonds. The Hall–Kier alpha value is -3.19. The summed E-state index contributed by atoms with van der Waals surface area (Å²) < 4.78 is 4.82. The van der Waals surface area contributed by atoms with Crippen LogP contribution in [0.2, 0.25) is 0 Å². The SMILES string of the molecule is CC.O=C1OCc2c(cc(-c3cc4c5c(cc(O)cc5n3)CCC4)[nH]c2=O)C1O. The minimum Gasteiger partial charge on any atom is -0.508 e. The van der Waals surface area contributed by atoms with E-state index in [-0.39, 0.29) is 23.5 Å². The third-order valence-electron chi connectivity index (χ3n) is 5.27. The first kappa shape index (κ1) is 19.1. The van der Waals surface area contributed by atoms with Gasteiger partial charge in [-0.2, -0.15) is 0 Å². The number of aliphatic hydroxyl groups is 1. The molecule has 3 aromatic rings. The molecule has 0 radical (unpaired) electrons. The van der Waals surface area contributed by atoms with Crippen LogP contribution in [0.3, 0.4) is 0 Å². The van der Waals surface area contributed by atoms with Crippen LogP contribution in [-0.2, 0) is 29.0 Å². The summed E-state index contributed by atoms with van der Waals surface area (Å²) in [6.07, 6.45) is 1.26. The molecule has 1 unspecified atom stereocenters. The Morgan fingerprint density at radius 2 is 1.83 bits per heavy atom. The predicted molar refractivity (Wildman–Crippen MR) is 108 cm³/mol. The number of aromatic hydroxyl groups is 1. The fourth-order valence-electron chi connectivity index (χ4n) is 4.02. The summed E-state index contributed by atoms with van der Waals surface area (Å²) in [5.74, 6) is -0.609. The fourth-order valence-corrected chi connectivity index (χ4v) is 4.02. The van der Waals surface area contributed by atoms with Crippen LogP contribution >= 0.6 is 0 Å². The van der Waals surface area contributed by atoms with Crippen LogP contribution in [0.1, 0.15) is 48.6 Å². The van der Waals surface area contributed by atoms with E-state index < -0.39 is 17.6 Å². The fraction of sp³-hybridized carbons (Fsp3) is 0.318. The maximum Gasteiger partial charge on any atom is 0.340 e. The van der Waals surface area contributed by atoms with Crippen molar-refractivity contribution < 1.29 is 19.7 Å². The number of nitrogens with zero attached hydrogens (tertiary/aromatic N) is 1. The summed E-state index contributed by atoms with van der Waals surface area (Å²) >= 11 is 0. The smallest absolute Gasteiger partial charge is 0.340 e. The molecule has 1 aromatic carbocycles. The van der Waals surface area contributed by atoms with Crippen molar-refractivity contribution in [3.05, 3.63) is 56.9 Å². The lowest BCUT2D eigenvalue weighted by molar-refractivity contribution is -0.157. The number of pyridine rings is 2. The van der Waals surface area contributed by atoms with Crippen molar-refractivity contribution in [2.24, 2.45) is 0 Å². The number of carbonyl (C=O) groups is 1. The number of aryl methyl sites for hydroxylation is 2. The summed E-state index contributed by atoms with van der Waals surface area (Å²) in [6, 6.07) is 6.89. The number of benzene rings is 1. The molecule has 0 bridgehead atoms. The highest BCUT2D eigenvalue weighted by molar-refractivity contribution is 5.90. The molecular formula is C22H22N2O5. The summed E-state index contributed by atoms with van der Waals surface area (Å²) in [6.45, 7) is 3.84. The Balaban J connectivity index is 0.000000994. The monoisotopic (exact) mass is 394 g/mol. The summed E-state index contributed by atoms with van der Waals surface area (Å²) in [5.41, 5.74) is 3.86. The Labute approximate surface area is 167 Å². The topological polar surface area (TPSA) is 113 Å². The molecule has 0 saturated heterocycles. The average molecular weight is 394 g/mol. The normalized spacial score (nSPS) is 17.2. The van der Waals surface area contributed by atoms with E-state index in [0.717, 1.165) is 35.8 Å². The highest BCUT2D eigenvalue weighted by Crippen LogP contribution is 2.35. The van der Waals surface area contributed by atoms with Gasteiger partial charge in [-0.05, 0) is 48.6 Å². The van der Waals surface area contributed by atoms with Crippen LogP contribution in [-0.4, -0.2) is 26.2 Å². The molecule has 2 aromatic heterocycles. The first-order chi connectivity index (χ1) is 14.0. The minimum absolute atomic E-state index is 0.158. The second kappa shape index (κ2) is 7.33. The first-order valence-corrected chi connectivity index (χ1v) is 9.78. The molecule has 150 valence electrons. The molecular weight excluding hydrogens is 372 g/mol. The third kappa shape index (κ3) is 3.17. The van der Waals surface area contributed by atoms with Crippen LogP contribution < -0.4 is 5.56 Å². The predicted octanol–water partition coefficient (Wildman–Crippen LogP) is 2.90. The number of H-pyrrole nitrogens is 1. The van der Waals surface area contributed by atoms with E-state index in [2.05, 4.69) is 9.97 Å². The number of cyclic esters (lactones) is 1. The maximum atomic E-state index is 12.4. The van der Waals surface area contributed by atoms with Gasteiger partial charge in [0.1, 0.15) is 12.4 Å². The van der Waals surface area contributed by atoms with Gasteiger partial charge in [-0.15, -0.1) is 0 Å². The van der Waals surface area contributed by atoms with Crippen LogP contribution in [0.15, 0.2) is 29.1 Å². The zero-order chi connectivity index (χ0) is 20.7. The van der Waals surface area contributed by atoms with Crippen molar-refractivity contribution in [2.75, 3.05) is 0 Å². The quantitative estimate of drug-likeness (QED) is 0.547. The van der Waals surface area contributed by atoms with Gasteiger partial charge in [-0.25, -0.2) is 9.78 Å². The van der Waals surface area contributed by atoms with E-state index in [9.17, 15) is 19.8 Å². The number of carbonyl (C=O) groups excluding carboxylic acids is 1. The Bertz CT molecular complexity index is 1180. The van der Waals surface area contributed by atoms with E-state index in [0.29, 0.717) is 16.9 Å². The molecule has 29 heavy (non-hydrogen) atoms. The van der Waals surface area contributed by atoms with E-state index in [1.807, 2.05) is 19.9 Å². The Morgan fingerprint density at radius 1 is 1.10 bits per heavy atom. The molecule has 7 nitrogen and oxygen atoms in total. The number of phenolic OH excluding ortho intramolecular Hbond substituents is 1. The Kier molecular flexibility index (Phi) is 4.84. The van der Waals surface area contributed by atoms with Crippen LogP contribution in [0.4, 0.5) is 0 Å². The van der Waals surface area contributed by atoms with Crippen molar-refractivity contribution in [2.45, 2.75) is 45.8 Å². The molecule has 3 heterocycles. The van der Waals surface area contributed by atoms with Crippen molar-refractivity contribution >= 4 is 16.9 Å². The molecule has 0 fully saturated rings. The van der Waals surface area contributed by atoms with Gasteiger partial charge in [0.05, 0.1) is 22.5 Å². The van der Waals surface area contributed by atoms with E-state index in [1.165, 1.54) is 0 Å². The van der Waals surface area contributed by atoms with Gasteiger partial charge in [0.25, 0.3) is 5.56 Å². The van der Waals surface area contributed by atoms with Gasteiger partial charge in [0, 0.05) is 17.0 Å². The maximum absolute atomic E-state index is 12.4. The number of aliphatic hydroxyl groups excluding tert-OH is 1.